The number of rotatable bonds is 2. The highest BCUT2D eigenvalue weighted by molar-refractivity contribution is 9.10. The number of aromatic hydroxyl groups is 1. The summed E-state index contributed by atoms with van der Waals surface area (Å²) in [6.07, 6.45) is -0.0597. The Labute approximate surface area is 117 Å². The molecule has 0 aromatic heterocycles. The van der Waals surface area contributed by atoms with Gasteiger partial charge in [0.05, 0.1) is 12.0 Å². The van der Waals surface area contributed by atoms with Crippen LogP contribution < -0.4 is 5.32 Å². The molecule has 0 bridgehead atoms. The first-order chi connectivity index (χ1) is 8.90. The summed E-state index contributed by atoms with van der Waals surface area (Å²) in [6, 6.07) is 3.52. The van der Waals surface area contributed by atoms with Gasteiger partial charge in [-0.25, -0.2) is 0 Å². The van der Waals surface area contributed by atoms with E-state index in [1.165, 1.54) is 19.2 Å². The minimum absolute atomic E-state index is 0.0455. The van der Waals surface area contributed by atoms with E-state index >= 15 is 0 Å². The van der Waals surface area contributed by atoms with Crippen molar-refractivity contribution in [2.24, 2.45) is 0 Å². The van der Waals surface area contributed by atoms with E-state index in [9.17, 15) is 19.5 Å². The molecule has 1 aliphatic heterocycles. The lowest BCUT2D eigenvalue weighted by atomic mass is 10.1. The zero-order valence-corrected chi connectivity index (χ0v) is 11.6. The van der Waals surface area contributed by atoms with Gasteiger partial charge in [-0.05, 0) is 18.2 Å². The fraction of sp³-hybridized carbons (Fsp3) is 0.250. The predicted molar refractivity (Wildman–Crippen MR) is 69.5 cm³/mol. The number of likely N-dealkylation sites (N-methyl/N-ethyl adjacent to an activating group) is 1. The normalized spacial score (nSPS) is 18.8. The Balaban J connectivity index is 2.16. The number of hydrogen-bond acceptors (Lipinski definition) is 4. The van der Waals surface area contributed by atoms with Crippen LogP contribution >= 0.6 is 15.9 Å². The molecule has 1 aliphatic rings. The highest BCUT2D eigenvalue weighted by Gasteiger charge is 2.37. The van der Waals surface area contributed by atoms with Gasteiger partial charge in [-0.3, -0.25) is 19.3 Å². The van der Waals surface area contributed by atoms with Crippen molar-refractivity contribution in [1.29, 1.82) is 0 Å². The molecule has 7 heteroatoms. The van der Waals surface area contributed by atoms with Crippen LogP contribution in [0.1, 0.15) is 16.8 Å². The highest BCUT2D eigenvalue weighted by atomic mass is 79.9. The van der Waals surface area contributed by atoms with Gasteiger partial charge in [0.2, 0.25) is 5.91 Å². The van der Waals surface area contributed by atoms with Gasteiger partial charge in [-0.15, -0.1) is 0 Å². The van der Waals surface area contributed by atoms with Gasteiger partial charge in [0, 0.05) is 11.5 Å². The van der Waals surface area contributed by atoms with E-state index in [1.807, 2.05) is 0 Å². The van der Waals surface area contributed by atoms with Crippen LogP contribution in [0.2, 0.25) is 0 Å². The van der Waals surface area contributed by atoms with Crippen LogP contribution in [0.4, 0.5) is 0 Å². The maximum atomic E-state index is 12.0. The quantitative estimate of drug-likeness (QED) is 0.781. The molecular formula is C12H11BrN2O4. The Morgan fingerprint density at radius 1 is 1.47 bits per heavy atom. The number of amides is 3. The van der Waals surface area contributed by atoms with E-state index in [0.29, 0.717) is 4.47 Å². The van der Waals surface area contributed by atoms with Crippen LogP contribution in [0.15, 0.2) is 22.7 Å². The molecule has 2 rings (SSSR count). The van der Waals surface area contributed by atoms with E-state index in [1.54, 1.807) is 6.07 Å². The third-order valence-electron chi connectivity index (χ3n) is 2.89. The Morgan fingerprint density at radius 2 is 2.16 bits per heavy atom. The van der Waals surface area contributed by atoms with Crippen molar-refractivity contribution in [3.8, 4) is 5.75 Å². The number of likely N-dealkylation sites (tertiary alicyclic amines) is 1. The van der Waals surface area contributed by atoms with E-state index < -0.39 is 17.9 Å². The van der Waals surface area contributed by atoms with Crippen molar-refractivity contribution in [3.05, 3.63) is 28.2 Å². The fourth-order valence-electron chi connectivity index (χ4n) is 1.79. The monoisotopic (exact) mass is 326 g/mol. The van der Waals surface area contributed by atoms with Crippen LogP contribution in [0.3, 0.4) is 0 Å². The first-order valence-electron chi connectivity index (χ1n) is 5.50. The minimum atomic E-state index is -0.872. The van der Waals surface area contributed by atoms with Crippen LogP contribution in [-0.4, -0.2) is 40.8 Å². The van der Waals surface area contributed by atoms with E-state index in [0.717, 1.165) is 4.90 Å². The molecule has 0 spiro atoms. The van der Waals surface area contributed by atoms with Crippen molar-refractivity contribution in [3.63, 3.8) is 0 Å². The summed E-state index contributed by atoms with van der Waals surface area (Å²) in [4.78, 5) is 35.9. The van der Waals surface area contributed by atoms with Crippen molar-refractivity contribution < 1.29 is 19.5 Å². The largest absolute Gasteiger partial charge is 0.507 e. The van der Waals surface area contributed by atoms with Crippen molar-refractivity contribution in [1.82, 2.24) is 10.2 Å². The van der Waals surface area contributed by atoms with Crippen molar-refractivity contribution in [2.75, 3.05) is 7.05 Å². The number of phenols is 1. The van der Waals surface area contributed by atoms with Crippen molar-refractivity contribution in [2.45, 2.75) is 12.5 Å². The Morgan fingerprint density at radius 3 is 2.74 bits per heavy atom. The maximum Gasteiger partial charge on any atom is 0.255 e. The molecule has 1 aromatic rings. The second-order valence-corrected chi connectivity index (χ2v) is 5.10. The standard InChI is InChI=1S/C12H11BrN2O4/c1-15-10(17)5-8(12(15)19)14-11(18)7-4-6(13)2-3-9(7)16/h2-4,8,16H,5H2,1H3,(H,14,18). The van der Waals surface area contributed by atoms with Gasteiger partial charge in [0.15, 0.2) is 0 Å². The Hall–Kier alpha value is -1.89. The highest BCUT2D eigenvalue weighted by Crippen LogP contribution is 2.22. The van der Waals surface area contributed by atoms with Gasteiger partial charge >= 0.3 is 0 Å². The zero-order valence-electron chi connectivity index (χ0n) is 10.0. The number of carbonyl (C=O) groups excluding carboxylic acids is 3. The topological polar surface area (TPSA) is 86.7 Å². The predicted octanol–water partition coefficient (Wildman–Crippen LogP) is 0.642. The lowest BCUT2D eigenvalue weighted by Gasteiger charge is -2.12. The van der Waals surface area contributed by atoms with E-state index in [2.05, 4.69) is 21.2 Å². The number of nitrogens with one attached hydrogen (secondary N) is 1. The summed E-state index contributed by atoms with van der Waals surface area (Å²) in [5, 5.41) is 12.0. The smallest absolute Gasteiger partial charge is 0.255 e. The van der Waals surface area contributed by atoms with E-state index in [-0.39, 0.29) is 23.6 Å². The number of nitrogens with zero attached hydrogens (tertiary/aromatic N) is 1. The van der Waals surface area contributed by atoms with Gasteiger partial charge in [-0.2, -0.15) is 0 Å². The average molecular weight is 327 g/mol. The second kappa shape index (κ2) is 5.00. The second-order valence-electron chi connectivity index (χ2n) is 4.18. The summed E-state index contributed by atoms with van der Waals surface area (Å²) >= 11 is 3.19. The van der Waals surface area contributed by atoms with Crippen LogP contribution in [0, 0.1) is 0 Å². The number of halogens is 1. The Kier molecular flexibility index (Phi) is 3.57. The van der Waals surface area contributed by atoms with Crippen molar-refractivity contribution >= 4 is 33.7 Å². The Bertz CT molecular complexity index is 573. The number of carbonyl (C=O) groups is 3. The number of imide groups is 1. The lowest BCUT2D eigenvalue weighted by molar-refractivity contribution is -0.137. The molecule has 19 heavy (non-hydrogen) atoms. The zero-order chi connectivity index (χ0) is 14.2. The molecule has 3 amide bonds. The van der Waals surface area contributed by atoms with E-state index in [4.69, 9.17) is 0 Å². The molecule has 1 aromatic carbocycles. The van der Waals surface area contributed by atoms with Crippen LogP contribution in [0.25, 0.3) is 0 Å². The first-order valence-corrected chi connectivity index (χ1v) is 6.29. The lowest BCUT2D eigenvalue weighted by Crippen LogP contribution is -2.40. The molecule has 2 N–H and O–H groups in total. The molecule has 6 nitrogen and oxygen atoms in total. The van der Waals surface area contributed by atoms with Gasteiger partial charge in [0.25, 0.3) is 11.8 Å². The molecule has 0 saturated carbocycles. The third-order valence-corrected chi connectivity index (χ3v) is 3.38. The summed E-state index contributed by atoms with van der Waals surface area (Å²) in [6.45, 7) is 0. The van der Waals surface area contributed by atoms with Gasteiger partial charge < -0.3 is 10.4 Å². The number of hydrogen-bond donors (Lipinski definition) is 2. The SMILES string of the molecule is CN1C(=O)CC(NC(=O)c2cc(Br)ccc2O)C1=O. The minimum Gasteiger partial charge on any atom is -0.507 e. The first kappa shape index (κ1) is 13.5. The molecule has 0 radical (unpaired) electrons. The molecule has 1 fully saturated rings. The van der Waals surface area contributed by atoms with Crippen LogP contribution in [-0.2, 0) is 9.59 Å². The van der Waals surface area contributed by atoms with Gasteiger partial charge in [0.1, 0.15) is 11.8 Å². The average Bonchev–Trinajstić information content (AvgIpc) is 2.60. The summed E-state index contributed by atoms with van der Waals surface area (Å²) in [5.41, 5.74) is 0.0455. The molecule has 1 saturated heterocycles. The molecular weight excluding hydrogens is 316 g/mol. The molecule has 100 valence electrons. The molecule has 1 atom stereocenters. The molecule has 0 aliphatic carbocycles. The number of phenolic OH excluding ortho intramolecular Hbond substituents is 1. The molecule has 1 heterocycles. The molecule has 1 unspecified atom stereocenters. The van der Waals surface area contributed by atoms with Gasteiger partial charge in [-0.1, -0.05) is 15.9 Å². The number of benzene rings is 1. The van der Waals surface area contributed by atoms with Crippen LogP contribution in [0.5, 0.6) is 5.75 Å². The summed E-state index contributed by atoms with van der Waals surface area (Å²) < 4.78 is 0.626. The third kappa shape index (κ3) is 2.60. The summed E-state index contributed by atoms with van der Waals surface area (Å²) in [7, 11) is 1.37. The fourth-order valence-corrected chi connectivity index (χ4v) is 2.16. The maximum absolute atomic E-state index is 12.0. The summed E-state index contributed by atoms with van der Waals surface area (Å²) in [5.74, 6) is -1.58.